The average molecular weight is 404 g/mol. The van der Waals surface area contributed by atoms with Gasteiger partial charge in [0.05, 0.1) is 24.7 Å². The van der Waals surface area contributed by atoms with Crippen LogP contribution in [0, 0.1) is 13.8 Å². The smallest absolute Gasteiger partial charge is 0.262 e. The Morgan fingerprint density at radius 2 is 1.68 bits per heavy atom. The minimum absolute atomic E-state index is 0.106. The molecule has 0 aliphatic carbocycles. The fraction of sp³-hybridized carbons (Fsp3) is 0.350. The number of morpholine rings is 1. The number of rotatable bonds is 6. The first-order chi connectivity index (χ1) is 13.3. The van der Waals surface area contributed by atoms with Crippen molar-refractivity contribution in [3.8, 4) is 0 Å². The molecule has 1 aliphatic rings. The number of carbonyl (C=O) groups is 1. The fourth-order valence-electron chi connectivity index (χ4n) is 2.99. The number of amides is 1. The Balaban J connectivity index is 1.62. The summed E-state index contributed by atoms with van der Waals surface area (Å²) in [6.45, 7) is 6.70. The highest BCUT2D eigenvalue weighted by molar-refractivity contribution is 7.92. The summed E-state index contributed by atoms with van der Waals surface area (Å²) in [5.74, 6) is -0.106. The molecule has 1 heterocycles. The van der Waals surface area contributed by atoms with Crippen LogP contribution in [0.25, 0.3) is 0 Å². The highest BCUT2D eigenvalue weighted by atomic mass is 32.2. The van der Waals surface area contributed by atoms with E-state index in [1.807, 2.05) is 17.9 Å². The molecule has 2 aromatic rings. The first kappa shape index (κ1) is 20.3. The normalized spacial score (nSPS) is 15.2. The molecule has 0 aromatic heterocycles. The van der Waals surface area contributed by atoms with E-state index < -0.39 is 10.0 Å². The second-order valence-electron chi connectivity index (χ2n) is 6.89. The summed E-state index contributed by atoms with van der Waals surface area (Å²) < 4.78 is 33.2. The highest BCUT2D eigenvalue weighted by Crippen LogP contribution is 2.21. The zero-order valence-electron chi connectivity index (χ0n) is 16.1. The summed E-state index contributed by atoms with van der Waals surface area (Å²) in [5, 5.41) is 2.83. The van der Waals surface area contributed by atoms with Crippen LogP contribution in [-0.4, -0.2) is 52.1 Å². The van der Waals surface area contributed by atoms with Crippen LogP contribution in [0.1, 0.15) is 11.1 Å². The van der Waals surface area contributed by atoms with Gasteiger partial charge in [0.1, 0.15) is 0 Å². The van der Waals surface area contributed by atoms with Gasteiger partial charge in [-0.1, -0.05) is 12.1 Å². The van der Waals surface area contributed by atoms with Crippen molar-refractivity contribution in [3.63, 3.8) is 0 Å². The third-order valence-electron chi connectivity index (χ3n) is 4.52. The van der Waals surface area contributed by atoms with Gasteiger partial charge in [-0.05, 0) is 55.3 Å². The Hall–Kier alpha value is -2.42. The zero-order valence-corrected chi connectivity index (χ0v) is 16.9. The van der Waals surface area contributed by atoms with Crippen molar-refractivity contribution in [2.45, 2.75) is 18.7 Å². The summed E-state index contributed by atoms with van der Waals surface area (Å²) in [6, 6.07) is 11.9. The number of benzene rings is 2. The minimum Gasteiger partial charge on any atom is -0.379 e. The molecule has 0 unspecified atom stereocenters. The molecule has 1 fully saturated rings. The summed E-state index contributed by atoms with van der Waals surface area (Å²) in [5.41, 5.74) is 2.62. The van der Waals surface area contributed by atoms with E-state index in [0.717, 1.165) is 18.7 Å². The van der Waals surface area contributed by atoms with Crippen LogP contribution < -0.4 is 10.0 Å². The van der Waals surface area contributed by atoms with Gasteiger partial charge in [0, 0.05) is 24.5 Å². The van der Waals surface area contributed by atoms with Crippen molar-refractivity contribution < 1.29 is 17.9 Å². The molecule has 3 rings (SSSR count). The molecule has 1 amide bonds. The SMILES string of the molecule is Cc1ccc(C)c(S(=O)(=O)Nc2ccc(NC(=O)CN3CCOCC3)cc2)c1. The van der Waals surface area contributed by atoms with Crippen LogP contribution in [0.4, 0.5) is 11.4 Å². The van der Waals surface area contributed by atoms with E-state index in [-0.39, 0.29) is 10.8 Å². The summed E-state index contributed by atoms with van der Waals surface area (Å²) in [4.78, 5) is 14.4. The number of anilines is 2. The van der Waals surface area contributed by atoms with Gasteiger partial charge in [-0.3, -0.25) is 14.4 Å². The van der Waals surface area contributed by atoms with Crippen LogP contribution >= 0.6 is 0 Å². The Kier molecular flexibility index (Phi) is 6.33. The average Bonchev–Trinajstić information content (AvgIpc) is 2.66. The second kappa shape index (κ2) is 8.72. The van der Waals surface area contributed by atoms with Crippen molar-refractivity contribution in [1.82, 2.24) is 4.90 Å². The number of nitrogens with zero attached hydrogens (tertiary/aromatic N) is 1. The second-order valence-corrected chi connectivity index (χ2v) is 8.54. The molecule has 0 bridgehead atoms. The highest BCUT2D eigenvalue weighted by Gasteiger charge is 2.17. The molecule has 0 saturated carbocycles. The van der Waals surface area contributed by atoms with Crippen molar-refractivity contribution >= 4 is 27.3 Å². The van der Waals surface area contributed by atoms with Crippen LogP contribution in [0.2, 0.25) is 0 Å². The van der Waals surface area contributed by atoms with Crippen molar-refractivity contribution in [2.24, 2.45) is 0 Å². The van der Waals surface area contributed by atoms with Gasteiger partial charge < -0.3 is 10.1 Å². The standard InChI is InChI=1S/C20H25N3O4S/c1-15-3-4-16(2)19(13-15)28(25,26)22-18-7-5-17(6-8-18)21-20(24)14-23-9-11-27-12-10-23/h3-8,13,22H,9-12,14H2,1-2H3,(H,21,24). The van der Waals surface area contributed by atoms with Gasteiger partial charge in [0.15, 0.2) is 0 Å². The van der Waals surface area contributed by atoms with Gasteiger partial charge in [-0.15, -0.1) is 0 Å². The number of hydrogen-bond donors (Lipinski definition) is 2. The molecule has 2 aromatic carbocycles. The predicted octanol–water partition coefficient (Wildman–Crippen LogP) is 2.37. The molecule has 0 atom stereocenters. The Morgan fingerprint density at radius 1 is 1.04 bits per heavy atom. The topological polar surface area (TPSA) is 87.7 Å². The van der Waals surface area contributed by atoms with Crippen molar-refractivity contribution in [1.29, 1.82) is 0 Å². The lowest BCUT2D eigenvalue weighted by Gasteiger charge is -2.25. The summed E-state index contributed by atoms with van der Waals surface area (Å²) >= 11 is 0. The molecule has 150 valence electrons. The molecule has 28 heavy (non-hydrogen) atoms. The minimum atomic E-state index is -3.68. The lowest BCUT2D eigenvalue weighted by molar-refractivity contribution is -0.118. The van der Waals surface area contributed by atoms with E-state index in [4.69, 9.17) is 4.74 Å². The Bertz CT molecular complexity index is 936. The molecular formula is C20H25N3O4S. The number of carbonyl (C=O) groups excluding carboxylic acids is 1. The van der Waals surface area contributed by atoms with E-state index in [9.17, 15) is 13.2 Å². The molecule has 1 aliphatic heterocycles. The number of ether oxygens (including phenoxy) is 1. The largest absolute Gasteiger partial charge is 0.379 e. The van der Waals surface area contributed by atoms with Crippen molar-refractivity contribution in [3.05, 3.63) is 53.6 Å². The van der Waals surface area contributed by atoms with Gasteiger partial charge in [-0.25, -0.2) is 8.42 Å². The summed E-state index contributed by atoms with van der Waals surface area (Å²) in [7, 11) is -3.68. The van der Waals surface area contributed by atoms with Gasteiger partial charge in [0.25, 0.3) is 10.0 Å². The maximum Gasteiger partial charge on any atom is 0.262 e. The van der Waals surface area contributed by atoms with Crippen LogP contribution in [-0.2, 0) is 19.6 Å². The number of sulfonamides is 1. The Labute approximate surface area is 165 Å². The van der Waals surface area contributed by atoms with Crippen LogP contribution in [0.15, 0.2) is 47.4 Å². The maximum absolute atomic E-state index is 12.7. The lowest BCUT2D eigenvalue weighted by atomic mass is 10.2. The predicted molar refractivity (Wildman–Crippen MR) is 109 cm³/mol. The molecular weight excluding hydrogens is 378 g/mol. The van der Waals surface area contributed by atoms with E-state index in [2.05, 4.69) is 10.0 Å². The maximum atomic E-state index is 12.7. The third kappa shape index (κ3) is 5.31. The Morgan fingerprint density at radius 3 is 2.36 bits per heavy atom. The first-order valence-corrected chi connectivity index (χ1v) is 10.6. The van der Waals surface area contributed by atoms with E-state index in [0.29, 0.717) is 36.7 Å². The monoisotopic (exact) mass is 403 g/mol. The molecule has 0 spiro atoms. The zero-order chi connectivity index (χ0) is 20.1. The number of aryl methyl sites for hydroxylation is 2. The van der Waals surface area contributed by atoms with Gasteiger partial charge in [0.2, 0.25) is 5.91 Å². The molecule has 1 saturated heterocycles. The number of nitrogens with one attached hydrogen (secondary N) is 2. The van der Waals surface area contributed by atoms with Crippen LogP contribution in [0.5, 0.6) is 0 Å². The molecule has 0 radical (unpaired) electrons. The van der Waals surface area contributed by atoms with E-state index in [1.54, 1.807) is 43.3 Å². The van der Waals surface area contributed by atoms with E-state index in [1.165, 1.54) is 0 Å². The lowest BCUT2D eigenvalue weighted by Crippen LogP contribution is -2.41. The quantitative estimate of drug-likeness (QED) is 0.773. The fourth-order valence-corrected chi connectivity index (χ4v) is 4.38. The third-order valence-corrected chi connectivity index (χ3v) is 6.05. The molecule has 8 heteroatoms. The van der Waals surface area contributed by atoms with Crippen molar-refractivity contribution in [2.75, 3.05) is 42.9 Å². The number of hydrogen-bond acceptors (Lipinski definition) is 5. The van der Waals surface area contributed by atoms with E-state index >= 15 is 0 Å². The first-order valence-electron chi connectivity index (χ1n) is 9.13. The van der Waals surface area contributed by atoms with Gasteiger partial charge in [-0.2, -0.15) is 0 Å². The van der Waals surface area contributed by atoms with Crippen LogP contribution in [0.3, 0.4) is 0 Å². The van der Waals surface area contributed by atoms with Gasteiger partial charge >= 0.3 is 0 Å². The summed E-state index contributed by atoms with van der Waals surface area (Å²) in [6.07, 6.45) is 0. The molecule has 7 nitrogen and oxygen atoms in total. The molecule has 2 N–H and O–H groups in total.